The van der Waals surface area contributed by atoms with Gasteiger partial charge in [0.25, 0.3) is 0 Å². The van der Waals surface area contributed by atoms with Crippen LogP contribution < -0.4 is 5.32 Å². The van der Waals surface area contributed by atoms with E-state index in [0.717, 1.165) is 49.5 Å². The predicted molar refractivity (Wildman–Crippen MR) is 104 cm³/mol. The number of nitrogens with one attached hydrogen (secondary N) is 1. The van der Waals surface area contributed by atoms with Crippen molar-refractivity contribution in [3.05, 3.63) is 77.1 Å². The van der Waals surface area contributed by atoms with Crippen LogP contribution in [-0.4, -0.2) is 37.1 Å². The summed E-state index contributed by atoms with van der Waals surface area (Å²) in [4.78, 5) is 14.6. The third-order valence-corrected chi connectivity index (χ3v) is 4.62. The smallest absolute Gasteiger partial charge is 0.244 e. The van der Waals surface area contributed by atoms with Crippen LogP contribution in [0.1, 0.15) is 23.6 Å². The van der Waals surface area contributed by atoms with E-state index >= 15 is 0 Å². The van der Waals surface area contributed by atoms with Crippen LogP contribution in [0, 0.1) is 5.82 Å². The number of hydrogen-bond acceptors (Lipinski definition) is 3. The number of ether oxygens (including phenoxy) is 1. The third-order valence-electron chi connectivity index (χ3n) is 4.62. The van der Waals surface area contributed by atoms with Crippen LogP contribution in [0.5, 0.6) is 0 Å². The fourth-order valence-electron chi connectivity index (χ4n) is 3.09. The van der Waals surface area contributed by atoms with Gasteiger partial charge in [0.15, 0.2) is 0 Å². The molecule has 0 aliphatic carbocycles. The minimum Gasteiger partial charge on any atom is -0.379 e. The number of morpholine rings is 1. The molecule has 1 aliphatic rings. The van der Waals surface area contributed by atoms with Crippen LogP contribution >= 0.6 is 0 Å². The number of nitrogens with zero attached hydrogens (tertiary/aromatic N) is 1. The number of amides is 1. The first-order chi connectivity index (χ1) is 13.1. The highest BCUT2D eigenvalue weighted by atomic mass is 19.1. The Morgan fingerprint density at radius 1 is 1.15 bits per heavy atom. The maximum Gasteiger partial charge on any atom is 0.244 e. The van der Waals surface area contributed by atoms with Crippen LogP contribution in [0.25, 0.3) is 5.57 Å². The summed E-state index contributed by atoms with van der Waals surface area (Å²) in [6, 6.07) is 14.4. The Kier molecular flexibility index (Phi) is 6.74. The molecule has 0 bridgehead atoms. The molecule has 1 heterocycles. The molecule has 1 aliphatic heterocycles. The lowest BCUT2D eigenvalue weighted by Gasteiger charge is -2.26. The minimum absolute atomic E-state index is 0.157. The van der Waals surface area contributed by atoms with E-state index in [9.17, 15) is 9.18 Å². The average Bonchev–Trinajstić information content (AvgIpc) is 2.68. The third kappa shape index (κ3) is 6.01. The summed E-state index contributed by atoms with van der Waals surface area (Å²) < 4.78 is 18.4. The Hall–Kier alpha value is -2.50. The maximum absolute atomic E-state index is 13.0. The van der Waals surface area contributed by atoms with Gasteiger partial charge in [0.05, 0.1) is 13.2 Å². The molecule has 4 nitrogen and oxygen atoms in total. The first-order valence-electron chi connectivity index (χ1n) is 9.20. The van der Waals surface area contributed by atoms with E-state index in [1.165, 1.54) is 17.7 Å². The van der Waals surface area contributed by atoms with Crippen molar-refractivity contribution in [3.63, 3.8) is 0 Å². The number of rotatable bonds is 6. The molecule has 0 unspecified atom stereocenters. The number of benzene rings is 2. The molecule has 0 saturated carbocycles. The van der Waals surface area contributed by atoms with Gasteiger partial charge in [0.1, 0.15) is 5.82 Å². The van der Waals surface area contributed by atoms with Crippen molar-refractivity contribution in [1.29, 1.82) is 0 Å². The normalized spacial score (nSPS) is 15.6. The van der Waals surface area contributed by atoms with Gasteiger partial charge in [-0.1, -0.05) is 36.4 Å². The van der Waals surface area contributed by atoms with E-state index in [0.29, 0.717) is 6.54 Å². The van der Waals surface area contributed by atoms with Crippen molar-refractivity contribution in [2.75, 3.05) is 26.3 Å². The monoisotopic (exact) mass is 368 g/mol. The van der Waals surface area contributed by atoms with Crippen LogP contribution in [0.3, 0.4) is 0 Å². The molecule has 2 aromatic carbocycles. The Balaban J connectivity index is 1.54. The van der Waals surface area contributed by atoms with Crippen molar-refractivity contribution in [1.82, 2.24) is 10.2 Å². The highest BCUT2D eigenvalue weighted by Gasteiger charge is 2.10. The fraction of sp³-hybridized carbons (Fsp3) is 0.318. The summed E-state index contributed by atoms with van der Waals surface area (Å²) in [5, 5.41) is 2.92. The maximum atomic E-state index is 13.0. The Morgan fingerprint density at radius 2 is 1.85 bits per heavy atom. The van der Waals surface area contributed by atoms with Gasteiger partial charge in [-0.05, 0) is 41.3 Å². The van der Waals surface area contributed by atoms with Gasteiger partial charge in [-0.3, -0.25) is 9.69 Å². The lowest BCUT2D eigenvalue weighted by molar-refractivity contribution is -0.116. The lowest BCUT2D eigenvalue weighted by Crippen LogP contribution is -2.35. The molecule has 3 rings (SSSR count). The standard InChI is InChI=1S/C22H25FN2O2/c1-17(20-5-7-21(23)8-6-20)13-22(26)24-15-18-3-2-4-19(14-18)16-25-9-11-27-12-10-25/h2-8,13-14H,9-12,15-16H2,1H3,(H,24,26)/b17-13-. The number of hydrogen-bond donors (Lipinski definition) is 1. The SMILES string of the molecule is C/C(=C/C(=O)NCc1cccc(CN2CCOCC2)c1)c1ccc(F)cc1. The molecular formula is C22H25FN2O2. The highest BCUT2D eigenvalue weighted by Crippen LogP contribution is 2.14. The molecule has 0 radical (unpaired) electrons. The molecular weight excluding hydrogens is 343 g/mol. The first-order valence-corrected chi connectivity index (χ1v) is 9.20. The van der Waals surface area contributed by atoms with E-state index in [1.807, 2.05) is 19.1 Å². The highest BCUT2D eigenvalue weighted by molar-refractivity contribution is 5.94. The zero-order valence-electron chi connectivity index (χ0n) is 15.6. The molecule has 0 spiro atoms. The number of halogens is 1. The number of allylic oxidation sites excluding steroid dienone is 1. The van der Waals surface area contributed by atoms with Crippen molar-refractivity contribution >= 4 is 11.5 Å². The minimum atomic E-state index is -0.284. The zero-order valence-corrected chi connectivity index (χ0v) is 15.6. The van der Waals surface area contributed by atoms with Crippen molar-refractivity contribution < 1.29 is 13.9 Å². The van der Waals surface area contributed by atoms with E-state index in [-0.39, 0.29) is 11.7 Å². The van der Waals surface area contributed by atoms with E-state index in [1.54, 1.807) is 18.2 Å². The van der Waals surface area contributed by atoms with Crippen molar-refractivity contribution in [2.24, 2.45) is 0 Å². The Labute approximate surface area is 159 Å². The Bertz CT molecular complexity index is 796. The van der Waals surface area contributed by atoms with Crippen molar-refractivity contribution in [3.8, 4) is 0 Å². The molecule has 0 aromatic heterocycles. The van der Waals surface area contributed by atoms with Gasteiger partial charge in [-0.15, -0.1) is 0 Å². The molecule has 142 valence electrons. The summed E-state index contributed by atoms with van der Waals surface area (Å²) in [7, 11) is 0. The first kappa shape index (κ1) is 19.3. The zero-order chi connectivity index (χ0) is 19.1. The van der Waals surface area contributed by atoms with Gasteiger partial charge >= 0.3 is 0 Å². The van der Waals surface area contributed by atoms with Gasteiger partial charge in [-0.2, -0.15) is 0 Å². The lowest BCUT2D eigenvalue weighted by atomic mass is 10.1. The predicted octanol–water partition coefficient (Wildman–Crippen LogP) is 3.38. The second-order valence-corrected chi connectivity index (χ2v) is 6.76. The summed E-state index contributed by atoms with van der Waals surface area (Å²) in [5.41, 5.74) is 3.94. The van der Waals surface area contributed by atoms with Gasteiger partial charge < -0.3 is 10.1 Å². The second-order valence-electron chi connectivity index (χ2n) is 6.76. The molecule has 27 heavy (non-hydrogen) atoms. The summed E-state index contributed by atoms with van der Waals surface area (Å²) in [5.74, 6) is -0.441. The summed E-state index contributed by atoms with van der Waals surface area (Å²) in [6.07, 6.45) is 1.55. The van der Waals surface area contributed by atoms with Gasteiger partial charge in [-0.25, -0.2) is 4.39 Å². The molecule has 1 fully saturated rings. The number of carbonyl (C=O) groups excluding carboxylic acids is 1. The van der Waals surface area contributed by atoms with E-state index in [2.05, 4.69) is 22.3 Å². The fourth-order valence-corrected chi connectivity index (χ4v) is 3.09. The molecule has 1 saturated heterocycles. The Morgan fingerprint density at radius 3 is 2.59 bits per heavy atom. The van der Waals surface area contributed by atoms with Crippen molar-refractivity contribution in [2.45, 2.75) is 20.0 Å². The quantitative estimate of drug-likeness (QED) is 0.795. The molecule has 5 heteroatoms. The van der Waals surface area contributed by atoms with Crippen LogP contribution in [0.15, 0.2) is 54.6 Å². The summed E-state index contributed by atoms with van der Waals surface area (Å²) >= 11 is 0. The van der Waals surface area contributed by atoms with Crippen LogP contribution in [-0.2, 0) is 22.6 Å². The average molecular weight is 368 g/mol. The molecule has 1 N–H and O–H groups in total. The molecule has 0 atom stereocenters. The topological polar surface area (TPSA) is 41.6 Å². The number of carbonyl (C=O) groups is 1. The van der Waals surface area contributed by atoms with E-state index in [4.69, 9.17) is 4.74 Å². The van der Waals surface area contributed by atoms with Crippen LogP contribution in [0.4, 0.5) is 4.39 Å². The second kappa shape index (κ2) is 9.44. The molecule has 1 amide bonds. The van der Waals surface area contributed by atoms with Gasteiger partial charge in [0, 0.05) is 32.3 Å². The summed E-state index contributed by atoms with van der Waals surface area (Å²) in [6.45, 7) is 6.70. The largest absolute Gasteiger partial charge is 0.379 e. The van der Waals surface area contributed by atoms with Crippen LogP contribution in [0.2, 0.25) is 0 Å². The molecule has 2 aromatic rings. The van der Waals surface area contributed by atoms with Gasteiger partial charge in [0.2, 0.25) is 5.91 Å². The van der Waals surface area contributed by atoms with E-state index < -0.39 is 0 Å².